The molecule has 4 nitrogen and oxygen atoms in total. The van der Waals surface area contributed by atoms with Crippen LogP contribution in [0.5, 0.6) is 0 Å². The second-order valence-electron chi connectivity index (χ2n) is 11.8. The number of hydrogen-bond donors (Lipinski definition) is 3. The molecule has 1 unspecified atom stereocenters. The molecule has 4 heteroatoms. The van der Waals surface area contributed by atoms with Crippen LogP contribution < -0.4 is 5.73 Å². The fourth-order valence-electron chi connectivity index (χ4n) is 5.53. The number of carbonyl (C=O) groups is 1. The molecular formula is C34H45NO3. The number of benzene rings is 3. The summed E-state index contributed by atoms with van der Waals surface area (Å²) in [7, 11) is 0. The highest BCUT2D eigenvalue weighted by Crippen LogP contribution is 2.41. The Morgan fingerprint density at radius 2 is 1.42 bits per heavy atom. The van der Waals surface area contributed by atoms with E-state index in [0.29, 0.717) is 5.56 Å². The molecule has 0 amide bonds. The highest BCUT2D eigenvalue weighted by molar-refractivity contribution is 5.76. The van der Waals surface area contributed by atoms with Crippen LogP contribution in [0.1, 0.15) is 93.3 Å². The third-order valence-electron chi connectivity index (χ3n) is 8.41. The molecule has 0 fully saturated rings. The molecule has 204 valence electrons. The van der Waals surface area contributed by atoms with E-state index in [4.69, 9.17) is 5.73 Å². The fourth-order valence-corrected chi connectivity index (χ4v) is 5.53. The van der Waals surface area contributed by atoms with Crippen LogP contribution in [0.2, 0.25) is 0 Å². The summed E-state index contributed by atoms with van der Waals surface area (Å²) in [6.07, 6.45) is 3.30. The third kappa shape index (κ3) is 6.19. The first-order chi connectivity index (χ1) is 17.8. The van der Waals surface area contributed by atoms with Crippen molar-refractivity contribution >= 4 is 5.97 Å². The van der Waals surface area contributed by atoms with Gasteiger partial charge in [0.25, 0.3) is 0 Å². The topological polar surface area (TPSA) is 83.5 Å². The summed E-state index contributed by atoms with van der Waals surface area (Å²) in [5.74, 6) is -1.03. The number of carboxylic acids is 1. The van der Waals surface area contributed by atoms with Gasteiger partial charge in [0.1, 0.15) is 6.04 Å². The van der Waals surface area contributed by atoms with Crippen LogP contribution in [0.4, 0.5) is 0 Å². The van der Waals surface area contributed by atoms with E-state index in [1.807, 2.05) is 12.1 Å². The summed E-state index contributed by atoms with van der Waals surface area (Å²) < 4.78 is 0. The lowest BCUT2D eigenvalue weighted by molar-refractivity contribution is -0.138. The number of carboxylic acid groups (broad SMARTS) is 1. The fraction of sp³-hybridized carbons (Fsp3) is 0.441. The van der Waals surface area contributed by atoms with E-state index in [-0.39, 0.29) is 16.9 Å². The molecule has 0 aliphatic heterocycles. The first kappa shape index (κ1) is 29.6. The molecule has 0 bridgehead atoms. The van der Waals surface area contributed by atoms with E-state index >= 15 is 0 Å². The molecule has 3 aromatic carbocycles. The Kier molecular flexibility index (Phi) is 9.22. The Morgan fingerprint density at radius 3 is 1.89 bits per heavy atom. The predicted octanol–water partition coefficient (Wildman–Crippen LogP) is 7.50. The van der Waals surface area contributed by atoms with Gasteiger partial charge in [-0.25, -0.2) is 0 Å². The third-order valence-corrected chi connectivity index (χ3v) is 8.41. The maximum absolute atomic E-state index is 11.2. The molecule has 0 saturated carbocycles. The SMILES string of the molecule is CCC(CC)(c1ccc(CCC(O)C(C)(C)C)c(C)c1)c1ccc(-c2ccc([C@@H](N)C(=O)O)cc2)c(C)c1. The number of aliphatic hydroxyl groups excluding tert-OH is 1. The molecule has 0 saturated heterocycles. The van der Waals surface area contributed by atoms with Gasteiger partial charge in [0.2, 0.25) is 0 Å². The van der Waals surface area contributed by atoms with Gasteiger partial charge < -0.3 is 15.9 Å². The lowest BCUT2D eigenvalue weighted by Crippen LogP contribution is -2.27. The largest absolute Gasteiger partial charge is 0.480 e. The summed E-state index contributed by atoms with van der Waals surface area (Å²) in [6, 6.07) is 20.1. The maximum atomic E-state index is 11.2. The van der Waals surface area contributed by atoms with Gasteiger partial charge >= 0.3 is 5.97 Å². The monoisotopic (exact) mass is 515 g/mol. The van der Waals surface area contributed by atoms with Crippen LogP contribution in [0.3, 0.4) is 0 Å². The molecule has 0 aliphatic carbocycles. The number of aliphatic carboxylic acids is 1. The molecule has 2 atom stereocenters. The van der Waals surface area contributed by atoms with Gasteiger partial charge in [-0.3, -0.25) is 4.79 Å². The van der Waals surface area contributed by atoms with E-state index < -0.39 is 12.0 Å². The lowest BCUT2D eigenvalue weighted by atomic mass is 9.69. The minimum Gasteiger partial charge on any atom is -0.480 e. The maximum Gasteiger partial charge on any atom is 0.325 e. The molecule has 0 heterocycles. The van der Waals surface area contributed by atoms with E-state index in [9.17, 15) is 15.0 Å². The number of nitrogens with two attached hydrogens (primary N) is 1. The minimum absolute atomic E-state index is 0.0877. The zero-order chi connectivity index (χ0) is 28.3. The van der Waals surface area contributed by atoms with Crippen molar-refractivity contribution in [2.24, 2.45) is 11.1 Å². The highest BCUT2D eigenvalue weighted by atomic mass is 16.4. The smallest absolute Gasteiger partial charge is 0.325 e. The number of hydrogen-bond acceptors (Lipinski definition) is 3. The van der Waals surface area contributed by atoms with Crippen molar-refractivity contribution in [1.29, 1.82) is 0 Å². The van der Waals surface area contributed by atoms with Gasteiger partial charge in [-0.15, -0.1) is 0 Å². The summed E-state index contributed by atoms with van der Waals surface area (Å²) in [4.78, 5) is 11.2. The van der Waals surface area contributed by atoms with E-state index in [2.05, 4.69) is 84.9 Å². The van der Waals surface area contributed by atoms with Gasteiger partial charge in [-0.05, 0) is 89.5 Å². The molecule has 0 aliphatic rings. The average molecular weight is 516 g/mol. The summed E-state index contributed by atoms with van der Waals surface area (Å²) in [5, 5.41) is 19.7. The second-order valence-corrected chi connectivity index (χ2v) is 11.8. The van der Waals surface area contributed by atoms with Crippen molar-refractivity contribution in [2.45, 2.75) is 91.7 Å². The van der Waals surface area contributed by atoms with Crippen LogP contribution in [-0.2, 0) is 16.6 Å². The van der Waals surface area contributed by atoms with Gasteiger partial charge in [-0.1, -0.05) is 95.3 Å². The predicted molar refractivity (Wildman–Crippen MR) is 158 cm³/mol. The molecule has 3 aromatic rings. The number of aliphatic hydroxyl groups is 1. The summed E-state index contributed by atoms with van der Waals surface area (Å²) >= 11 is 0. The normalized spacial score (nSPS) is 13.8. The van der Waals surface area contributed by atoms with Crippen LogP contribution >= 0.6 is 0 Å². The molecule has 4 N–H and O–H groups in total. The van der Waals surface area contributed by atoms with Crippen LogP contribution in [-0.4, -0.2) is 22.3 Å². The van der Waals surface area contributed by atoms with E-state index in [1.54, 1.807) is 12.1 Å². The van der Waals surface area contributed by atoms with Crippen molar-refractivity contribution in [3.8, 4) is 11.1 Å². The van der Waals surface area contributed by atoms with Gasteiger partial charge in [0, 0.05) is 5.41 Å². The molecule has 38 heavy (non-hydrogen) atoms. The van der Waals surface area contributed by atoms with Crippen molar-refractivity contribution < 1.29 is 15.0 Å². The van der Waals surface area contributed by atoms with Gasteiger partial charge in [-0.2, -0.15) is 0 Å². The first-order valence-corrected chi connectivity index (χ1v) is 13.8. The van der Waals surface area contributed by atoms with Crippen molar-refractivity contribution in [3.63, 3.8) is 0 Å². The Morgan fingerprint density at radius 1 is 0.868 bits per heavy atom. The van der Waals surface area contributed by atoms with Crippen LogP contribution in [0.25, 0.3) is 11.1 Å². The minimum atomic E-state index is -1.03. The average Bonchev–Trinajstić information content (AvgIpc) is 2.88. The Hall–Kier alpha value is -2.95. The number of aryl methyl sites for hydroxylation is 3. The van der Waals surface area contributed by atoms with Gasteiger partial charge in [0.05, 0.1) is 6.10 Å². The summed E-state index contributed by atoms with van der Waals surface area (Å²) in [6.45, 7) is 15.1. The van der Waals surface area contributed by atoms with Crippen molar-refractivity contribution in [3.05, 3.63) is 94.0 Å². The number of rotatable bonds is 10. The molecule has 0 spiro atoms. The van der Waals surface area contributed by atoms with E-state index in [0.717, 1.165) is 36.8 Å². The van der Waals surface area contributed by atoms with Crippen molar-refractivity contribution in [1.82, 2.24) is 0 Å². The quantitative estimate of drug-likeness (QED) is 0.261. The lowest BCUT2D eigenvalue weighted by Gasteiger charge is -2.34. The Labute approximate surface area is 228 Å². The van der Waals surface area contributed by atoms with Crippen LogP contribution in [0, 0.1) is 19.3 Å². The molecule has 0 aromatic heterocycles. The van der Waals surface area contributed by atoms with Crippen LogP contribution in [0.15, 0.2) is 60.7 Å². The second kappa shape index (κ2) is 11.8. The standard InChI is InChI=1S/C34H45NO3/c1-8-34(9-2,27-16-14-24(22(3)20-27)15-19-30(36)33(5,6)7)28-17-18-29(23(4)21-28)25-10-12-26(13-11-25)31(35)32(37)38/h10-14,16-18,20-21,30-31,36H,8-9,15,19,35H2,1-7H3,(H,37,38)/t30?,31-/m1/s1. The van der Waals surface area contributed by atoms with E-state index in [1.165, 1.54) is 27.8 Å². The zero-order valence-corrected chi connectivity index (χ0v) is 24.1. The molecular weight excluding hydrogens is 470 g/mol. The Bertz CT molecular complexity index is 1250. The Balaban J connectivity index is 1.91. The zero-order valence-electron chi connectivity index (χ0n) is 24.1. The summed E-state index contributed by atoms with van der Waals surface area (Å²) in [5.41, 5.74) is 14.8. The van der Waals surface area contributed by atoms with Crippen molar-refractivity contribution in [2.75, 3.05) is 0 Å². The first-order valence-electron chi connectivity index (χ1n) is 13.8. The molecule has 3 rings (SSSR count). The van der Waals surface area contributed by atoms with Gasteiger partial charge in [0.15, 0.2) is 0 Å². The highest BCUT2D eigenvalue weighted by Gasteiger charge is 2.31. The molecule has 0 radical (unpaired) electrons.